The highest BCUT2D eigenvalue weighted by atomic mass is 79.9. The lowest BCUT2D eigenvalue weighted by molar-refractivity contribution is -0.140. The summed E-state index contributed by atoms with van der Waals surface area (Å²) in [5, 5.41) is 3.62. The van der Waals surface area contributed by atoms with Crippen molar-refractivity contribution in [2.75, 3.05) is 17.5 Å². The third-order valence-electron chi connectivity index (χ3n) is 8.61. The van der Waals surface area contributed by atoms with E-state index in [9.17, 15) is 18.0 Å². The summed E-state index contributed by atoms with van der Waals surface area (Å²) in [7, 11) is -4.25. The van der Waals surface area contributed by atoms with Crippen molar-refractivity contribution in [2.45, 2.75) is 69.0 Å². The Morgan fingerprint density at radius 3 is 2.16 bits per heavy atom. The monoisotopic (exact) mass is 765 g/mol. The molecule has 1 atom stereocenters. The highest BCUT2D eigenvalue weighted by Gasteiger charge is 2.35. The minimum Gasteiger partial charge on any atom is -0.494 e. The molecule has 1 unspecified atom stereocenters. The molecule has 258 valence electrons. The predicted octanol–water partition coefficient (Wildman–Crippen LogP) is 7.79. The van der Waals surface area contributed by atoms with E-state index in [-0.39, 0.29) is 35.5 Å². The number of sulfonamides is 1. The fraction of sp³-hybridized carbons (Fsp3) is 0.316. The number of rotatable bonds is 14. The van der Waals surface area contributed by atoms with Crippen molar-refractivity contribution in [1.29, 1.82) is 0 Å². The summed E-state index contributed by atoms with van der Waals surface area (Å²) >= 11 is 9.57. The number of anilines is 1. The average Bonchev–Trinajstić information content (AvgIpc) is 3.11. The van der Waals surface area contributed by atoms with Crippen LogP contribution in [0.5, 0.6) is 5.75 Å². The molecule has 8 nitrogen and oxygen atoms in total. The van der Waals surface area contributed by atoms with Gasteiger partial charge in [-0.3, -0.25) is 13.9 Å². The lowest BCUT2D eigenvalue weighted by atomic mass is 9.94. The first-order valence-corrected chi connectivity index (χ1v) is 19.1. The molecule has 49 heavy (non-hydrogen) atoms. The number of halogens is 2. The van der Waals surface area contributed by atoms with Gasteiger partial charge in [-0.15, -0.1) is 0 Å². The molecule has 4 aromatic rings. The zero-order valence-corrected chi connectivity index (χ0v) is 30.6. The molecule has 0 saturated heterocycles. The number of benzene rings is 4. The van der Waals surface area contributed by atoms with Crippen LogP contribution in [0.3, 0.4) is 0 Å². The van der Waals surface area contributed by atoms with E-state index >= 15 is 0 Å². The summed E-state index contributed by atoms with van der Waals surface area (Å²) in [6.45, 7) is 1.86. The van der Waals surface area contributed by atoms with Crippen molar-refractivity contribution in [3.8, 4) is 5.75 Å². The number of carbonyl (C=O) groups excluding carboxylic acids is 2. The molecule has 1 N–H and O–H groups in total. The van der Waals surface area contributed by atoms with Crippen molar-refractivity contribution in [2.24, 2.45) is 0 Å². The number of carbonyl (C=O) groups is 2. The van der Waals surface area contributed by atoms with E-state index in [0.717, 1.165) is 52.0 Å². The minimum atomic E-state index is -4.25. The largest absolute Gasteiger partial charge is 0.494 e. The first-order valence-electron chi connectivity index (χ1n) is 16.5. The van der Waals surface area contributed by atoms with Crippen LogP contribution in [0.1, 0.15) is 50.2 Å². The predicted molar refractivity (Wildman–Crippen MR) is 197 cm³/mol. The van der Waals surface area contributed by atoms with Crippen LogP contribution in [-0.4, -0.2) is 50.4 Å². The lowest BCUT2D eigenvalue weighted by Crippen LogP contribution is -2.55. The second-order valence-electron chi connectivity index (χ2n) is 12.1. The smallest absolute Gasteiger partial charge is 0.264 e. The Balaban J connectivity index is 1.56. The van der Waals surface area contributed by atoms with Gasteiger partial charge in [0.05, 0.1) is 17.2 Å². The summed E-state index contributed by atoms with van der Waals surface area (Å²) < 4.78 is 36.1. The molecule has 4 aromatic carbocycles. The first-order chi connectivity index (χ1) is 23.6. The summed E-state index contributed by atoms with van der Waals surface area (Å²) in [6, 6.07) is 28.6. The van der Waals surface area contributed by atoms with Crippen molar-refractivity contribution < 1.29 is 22.7 Å². The molecule has 1 aliphatic carbocycles. The zero-order chi connectivity index (χ0) is 34.8. The minimum absolute atomic E-state index is 0.0195. The Labute approximate surface area is 302 Å². The summed E-state index contributed by atoms with van der Waals surface area (Å²) in [5.74, 6) is -0.205. The number of nitrogens with one attached hydrogen (secondary N) is 1. The Morgan fingerprint density at radius 1 is 0.878 bits per heavy atom. The zero-order valence-electron chi connectivity index (χ0n) is 27.4. The van der Waals surface area contributed by atoms with Gasteiger partial charge in [-0.1, -0.05) is 89.3 Å². The highest BCUT2D eigenvalue weighted by Crippen LogP contribution is 2.28. The van der Waals surface area contributed by atoms with Crippen LogP contribution >= 0.6 is 27.5 Å². The molecule has 0 spiro atoms. The molecule has 1 saturated carbocycles. The Hall–Kier alpha value is -3.86. The van der Waals surface area contributed by atoms with Gasteiger partial charge in [0.2, 0.25) is 11.8 Å². The second kappa shape index (κ2) is 17.2. The summed E-state index contributed by atoms with van der Waals surface area (Å²) in [4.78, 5) is 30.5. The van der Waals surface area contributed by atoms with E-state index in [2.05, 4.69) is 21.2 Å². The van der Waals surface area contributed by atoms with Crippen LogP contribution in [0.15, 0.2) is 112 Å². The van der Waals surface area contributed by atoms with Gasteiger partial charge < -0.3 is 15.0 Å². The fourth-order valence-electron chi connectivity index (χ4n) is 6.02. The molecule has 0 heterocycles. The van der Waals surface area contributed by atoms with Gasteiger partial charge in [0.1, 0.15) is 18.3 Å². The van der Waals surface area contributed by atoms with Gasteiger partial charge in [0.15, 0.2) is 0 Å². The van der Waals surface area contributed by atoms with Crippen LogP contribution in [0.2, 0.25) is 5.02 Å². The molecule has 0 aromatic heterocycles. The normalized spacial score (nSPS) is 14.1. The Kier molecular flexibility index (Phi) is 12.8. The van der Waals surface area contributed by atoms with E-state index in [1.807, 2.05) is 61.5 Å². The molecule has 0 bridgehead atoms. The molecule has 2 amide bonds. The second-order valence-corrected chi connectivity index (χ2v) is 15.3. The summed E-state index contributed by atoms with van der Waals surface area (Å²) in [5.41, 5.74) is 1.96. The Bertz CT molecular complexity index is 1780. The quantitative estimate of drug-likeness (QED) is 0.142. The van der Waals surface area contributed by atoms with E-state index in [4.69, 9.17) is 16.3 Å². The number of hydrogen-bond acceptors (Lipinski definition) is 5. The van der Waals surface area contributed by atoms with Crippen LogP contribution in [-0.2, 0) is 32.6 Å². The maximum absolute atomic E-state index is 14.7. The van der Waals surface area contributed by atoms with Crippen molar-refractivity contribution in [1.82, 2.24) is 10.2 Å². The fourth-order valence-corrected chi connectivity index (χ4v) is 7.83. The summed E-state index contributed by atoms with van der Waals surface area (Å²) in [6.07, 6.45) is 5.24. The van der Waals surface area contributed by atoms with Crippen LogP contribution < -0.4 is 14.4 Å². The van der Waals surface area contributed by atoms with Gasteiger partial charge in [0, 0.05) is 28.5 Å². The highest BCUT2D eigenvalue weighted by molar-refractivity contribution is 9.10. The van der Waals surface area contributed by atoms with Crippen LogP contribution in [0, 0.1) is 0 Å². The van der Waals surface area contributed by atoms with Gasteiger partial charge in [0.25, 0.3) is 10.0 Å². The van der Waals surface area contributed by atoms with Crippen LogP contribution in [0.4, 0.5) is 5.69 Å². The van der Waals surface area contributed by atoms with E-state index in [1.165, 1.54) is 29.2 Å². The van der Waals surface area contributed by atoms with Gasteiger partial charge in [-0.25, -0.2) is 8.42 Å². The topological polar surface area (TPSA) is 96.0 Å². The van der Waals surface area contributed by atoms with Gasteiger partial charge in [-0.2, -0.15) is 0 Å². The molecule has 11 heteroatoms. The maximum atomic E-state index is 14.7. The molecular weight excluding hydrogens is 726 g/mol. The van der Waals surface area contributed by atoms with Crippen LogP contribution in [0.25, 0.3) is 0 Å². The number of nitrogens with zero attached hydrogens (tertiary/aromatic N) is 2. The maximum Gasteiger partial charge on any atom is 0.264 e. The molecular formula is C38H41BrClN3O5S. The standard InChI is InChI=1S/C38H41BrClN3O5S/c1-2-48-34-21-19-33(20-22-34)43(49(46,47)35-23-17-31(40)18-24-35)27-37(44)42(26-29-13-15-30(39)16-14-29)36(25-28-9-5-3-6-10-28)38(45)41-32-11-7-4-8-12-32/h3,5-6,9-10,13-24,32,36H,2,4,7-8,11-12,25-27H2,1H3,(H,41,45). The molecule has 5 rings (SSSR count). The molecule has 1 fully saturated rings. The van der Waals surface area contributed by atoms with Gasteiger partial charge in [-0.05, 0) is 91.6 Å². The van der Waals surface area contributed by atoms with E-state index in [1.54, 1.807) is 24.3 Å². The van der Waals surface area contributed by atoms with Crippen molar-refractivity contribution in [3.63, 3.8) is 0 Å². The molecule has 1 aliphatic rings. The third kappa shape index (κ3) is 9.86. The SMILES string of the molecule is CCOc1ccc(N(CC(=O)N(Cc2ccc(Br)cc2)C(Cc2ccccc2)C(=O)NC2CCCCC2)S(=O)(=O)c2ccc(Cl)cc2)cc1. The third-order valence-corrected chi connectivity index (χ3v) is 11.2. The molecule has 0 radical (unpaired) electrons. The molecule has 0 aliphatic heterocycles. The number of hydrogen-bond donors (Lipinski definition) is 1. The van der Waals surface area contributed by atoms with Gasteiger partial charge >= 0.3 is 0 Å². The van der Waals surface area contributed by atoms with E-state index < -0.39 is 28.5 Å². The average molecular weight is 767 g/mol. The number of ether oxygens (including phenoxy) is 1. The number of amides is 2. The van der Waals surface area contributed by atoms with Crippen molar-refractivity contribution in [3.05, 3.63) is 124 Å². The first kappa shape index (κ1) is 36.4. The van der Waals surface area contributed by atoms with Crippen molar-refractivity contribution >= 4 is 55.1 Å². The van der Waals surface area contributed by atoms with E-state index in [0.29, 0.717) is 17.4 Å². The lowest BCUT2D eigenvalue weighted by Gasteiger charge is -2.35. The Morgan fingerprint density at radius 2 is 1.53 bits per heavy atom.